The minimum Gasteiger partial charge on any atom is -0.373 e. The van der Waals surface area contributed by atoms with Crippen LogP contribution in [0.3, 0.4) is 0 Å². The molecule has 0 fully saturated rings. The fourth-order valence-electron chi connectivity index (χ4n) is 2.85. The Morgan fingerprint density at radius 2 is 1.42 bits per heavy atom. The summed E-state index contributed by atoms with van der Waals surface area (Å²) >= 11 is 0. The first-order valence-corrected chi connectivity index (χ1v) is 8.07. The van der Waals surface area contributed by atoms with Crippen molar-refractivity contribution >= 4 is 11.5 Å². The van der Waals surface area contributed by atoms with Crippen LogP contribution in [0.2, 0.25) is 0 Å². The van der Waals surface area contributed by atoms with Crippen LogP contribution in [0.5, 0.6) is 0 Å². The zero-order valence-electron chi connectivity index (χ0n) is 14.1. The molecule has 26 heavy (non-hydrogen) atoms. The Kier molecular flexibility index (Phi) is 4.65. The molecule has 1 unspecified atom stereocenters. The first-order chi connectivity index (χ1) is 12.4. The van der Waals surface area contributed by atoms with Crippen LogP contribution in [-0.2, 0) is 5.60 Å². The lowest BCUT2D eigenvalue weighted by Crippen LogP contribution is -2.37. The minimum atomic E-state index is -1.94. The van der Waals surface area contributed by atoms with Gasteiger partial charge in [0.1, 0.15) is 0 Å². The SMILES string of the molecule is Cc1ccc(C(=O)C(O)(c2ccccc2)c2ccc([N+](=O)[O-])cc2)cc1. The van der Waals surface area contributed by atoms with Crippen molar-refractivity contribution in [2.75, 3.05) is 0 Å². The van der Waals surface area contributed by atoms with Gasteiger partial charge in [-0.25, -0.2) is 0 Å². The molecule has 0 radical (unpaired) electrons. The molecule has 3 aromatic carbocycles. The van der Waals surface area contributed by atoms with Crippen LogP contribution >= 0.6 is 0 Å². The molecule has 0 saturated heterocycles. The number of carbonyl (C=O) groups excluding carboxylic acids is 1. The Morgan fingerprint density at radius 1 is 0.885 bits per heavy atom. The number of ketones is 1. The molecule has 1 N–H and O–H groups in total. The molecule has 0 saturated carbocycles. The van der Waals surface area contributed by atoms with E-state index < -0.39 is 16.3 Å². The van der Waals surface area contributed by atoms with Gasteiger partial charge in [0.15, 0.2) is 5.60 Å². The van der Waals surface area contributed by atoms with Gasteiger partial charge in [0, 0.05) is 17.7 Å². The maximum absolute atomic E-state index is 13.2. The molecule has 0 bridgehead atoms. The van der Waals surface area contributed by atoms with Crippen molar-refractivity contribution in [3.8, 4) is 0 Å². The van der Waals surface area contributed by atoms with E-state index in [1.807, 2.05) is 6.92 Å². The number of carbonyl (C=O) groups is 1. The van der Waals surface area contributed by atoms with Crippen molar-refractivity contribution in [1.82, 2.24) is 0 Å². The summed E-state index contributed by atoms with van der Waals surface area (Å²) in [7, 11) is 0. The second kappa shape index (κ2) is 6.90. The van der Waals surface area contributed by atoms with Crippen LogP contribution in [0.15, 0.2) is 78.9 Å². The average Bonchev–Trinajstić information content (AvgIpc) is 2.68. The summed E-state index contributed by atoms with van der Waals surface area (Å²) in [5.41, 5.74) is -0.00209. The van der Waals surface area contributed by atoms with E-state index in [2.05, 4.69) is 0 Å². The monoisotopic (exact) mass is 347 g/mol. The van der Waals surface area contributed by atoms with Gasteiger partial charge in [-0.15, -0.1) is 0 Å². The van der Waals surface area contributed by atoms with Crippen LogP contribution in [-0.4, -0.2) is 15.8 Å². The second-order valence-electron chi connectivity index (χ2n) is 6.08. The Morgan fingerprint density at radius 3 is 1.96 bits per heavy atom. The molecular formula is C21H17NO4. The summed E-state index contributed by atoms with van der Waals surface area (Å²) in [6, 6.07) is 20.9. The molecule has 5 nitrogen and oxygen atoms in total. The molecule has 3 aromatic rings. The normalized spacial score (nSPS) is 13.0. The summed E-state index contributed by atoms with van der Waals surface area (Å²) in [5, 5.41) is 22.4. The van der Waals surface area contributed by atoms with Crippen LogP contribution in [0.4, 0.5) is 5.69 Å². The number of Topliss-reactive ketones (excluding diaryl/α,β-unsaturated/α-hetero) is 1. The van der Waals surface area contributed by atoms with Gasteiger partial charge in [0.05, 0.1) is 4.92 Å². The van der Waals surface area contributed by atoms with Crippen LogP contribution in [0, 0.1) is 17.0 Å². The highest BCUT2D eigenvalue weighted by Crippen LogP contribution is 2.34. The molecule has 130 valence electrons. The van der Waals surface area contributed by atoms with Gasteiger partial charge in [-0.1, -0.05) is 60.2 Å². The number of benzene rings is 3. The van der Waals surface area contributed by atoms with Gasteiger partial charge >= 0.3 is 0 Å². The fourth-order valence-corrected chi connectivity index (χ4v) is 2.85. The van der Waals surface area contributed by atoms with Crippen molar-refractivity contribution in [2.24, 2.45) is 0 Å². The Labute approximate surface area is 150 Å². The van der Waals surface area contributed by atoms with Crippen LogP contribution in [0.25, 0.3) is 0 Å². The summed E-state index contributed by atoms with van der Waals surface area (Å²) in [4.78, 5) is 23.6. The molecule has 1 atom stereocenters. The predicted molar refractivity (Wildman–Crippen MR) is 98.0 cm³/mol. The van der Waals surface area contributed by atoms with E-state index in [1.165, 1.54) is 24.3 Å². The Bertz CT molecular complexity index is 934. The van der Waals surface area contributed by atoms with Crippen molar-refractivity contribution in [3.63, 3.8) is 0 Å². The quantitative estimate of drug-likeness (QED) is 0.429. The third-order valence-corrected chi connectivity index (χ3v) is 4.33. The lowest BCUT2D eigenvalue weighted by Gasteiger charge is -2.28. The average molecular weight is 347 g/mol. The summed E-state index contributed by atoms with van der Waals surface area (Å²) in [6.45, 7) is 1.91. The third-order valence-electron chi connectivity index (χ3n) is 4.33. The highest BCUT2D eigenvalue weighted by Gasteiger charge is 2.40. The van der Waals surface area contributed by atoms with E-state index >= 15 is 0 Å². The van der Waals surface area contributed by atoms with E-state index in [0.717, 1.165) is 5.56 Å². The Hall–Kier alpha value is -3.31. The van der Waals surface area contributed by atoms with Crippen molar-refractivity contribution in [1.29, 1.82) is 0 Å². The topological polar surface area (TPSA) is 80.4 Å². The molecule has 5 heteroatoms. The van der Waals surface area contributed by atoms with Crippen molar-refractivity contribution in [3.05, 3.63) is 111 Å². The van der Waals surface area contributed by atoms with E-state index in [4.69, 9.17) is 0 Å². The van der Waals surface area contributed by atoms with E-state index in [-0.39, 0.29) is 11.3 Å². The molecule has 0 aliphatic rings. The maximum atomic E-state index is 13.2. The van der Waals surface area contributed by atoms with E-state index in [0.29, 0.717) is 11.1 Å². The minimum absolute atomic E-state index is 0.105. The lowest BCUT2D eigenvalue weighted by molar-refractivity contribution is -0.384. The standard InChI is InChI=1S/C21H17NO4/c1-15-7-9-16(10-8-15)20(23)21(24,17-5-3-2-4-6-17)18-11-13-19(14-12-18)22(25)26/h2-14,24H,1H3. The molecule has 0 spiro atoms. The number of nitro groups is 1. The van der Waals surface area contributed by atoms with Crippen LogP contribution in [0.1, 0.15) is 27.0 Å². The molecule has 0 heterocycles. The van der Waals surface area contributed by atoms with Crippen molar-refractivity contribution in [2.45, 2.75) is 12.5 Å². The maximum Gasteiger partial charge on any atom is 0.269 e. The number of rotatable bonds is 5. The van der Waals surface area contributed by atoms with Gasteiger partial charge in [-0.05, 0) is 30.2 Å². The number of aliphatic hydroxyl groups is 1. The first kappa shape index (κ1) is 17.5. The molecular weight excluding hydrogens is 330 g/mol. The highest BCUT2D eigenvalue weighted by atomic mass is 16.6. The zero-order chi connectivity index (χ0) is 18.7. The largest absolute Gasteiger partial charge is 0.373 e. The molecule has 0 amide bonds. The van der Waals surface area contributed by atoms with Gasteiger partial charge in [0.2, 0.25) is 5.78 Å². The fraction of sp³-hybridized carbons (Fsp3) is 0.0952. The number of nitrogens with zero attached hydrogens (tertiary/aromatic N) is 1. The van der Waals surface area contributed by atoms with Crippen LogP contribution < -0.4 is 0 Å². The lowest BCUT2D eigenvalue weighted by atomic mass is 9.80. The highest BCUT2D eigenvalue weighted by molar-refractivity contribution is 6.05. The predicted octanol–water partition coefficient (Wildman–Crippen LogP) is 4.02. The van der Waals surface area contributed by atoms with Gasteiger partial charge < -0.3 is 5.11 Å². The number of non-ortho nitro benzene ring substituents is 1. The van der Waals surface area contributed by atoms with E-state index in [1.54, 1.807) is 54.6 Å². The summed E-state index contributed by atoms with van der Waals surface area (Å²) in [6.07, 6.45) is 0. The van der Waals surface area contributed by atoms with Gasteiger partial charge in [0.25, 0.3) is 5.69 Å². The number of nitro benzene ring substituents is 1. The molecule has 0 aliphatic heterocycles. The summed E-state index contributed by atoms with van der Waals surface area (Å²) in [5.74, 6) is -0.488. The molecule has 0 aromatic heterocycles. The number of hydrogen-bond acceptors (Lipinski definition) is 4. The van der Waals surface area contributed by atoms with Gasteiger partial charge in [-0.3, -0.25) is 14.9 Å². The van der Waals surface area contributed by atoms with Gasteiger partial charge in [-0.2, -0.15) is 0 Å². The Balaban J connectivity index is 2.15. The van der Waals surface area contributed by atoms with Crippen molar-refractivity contribution < 1.29 is 14.8 Å². The number of hydrogen-bond donors (Lipinski definition) is 1. The molecule has 0 aliphatic carbocycles. The smallest absolute Gasteiger partial charge is 0.269 e. The summed E-state index contributed by atoms with van der Waals surface area (Å²) < 4.78 is 0. The van der Waals surface area contributed by atoms with E-state index in [9.17, 15) is 20.0 Å². The zero-order valence-corrected chi connectivity index (χ0v) is 14.1. The molecule has 3 rings (SSSR count). The first-order valence-electron chi connectivity index (χ1n) is 8.07. The third kappa shape index (κ3) is 3.12. The second-order valence-corrected chi connectivity index (χ2v) is 6.08. The number of aryl methyl sites for hydroxylation is 1.